The number of benzene rings is 2. The van der Waals surface area contributed by atoms with Gasteiger partial charge in [-0.2, -0.15) is 0 Å². The highest BCUT2D eigenvalue weighted by Crippen LogP contribution is 2.30. The lowest BCUT2D eigenvalue weighted by molar-refractivity contribution is 0.201. The van der Waals surface area contributed by atoms with E-state index in [0.717, 1.165) is 33.6 Å². The Balaban J connectivity index is 2.02. The summed E-state index contributed by atoms with van der Waals surface area (Å²) in [5.41, 5.74) is 6.09. The number of aromatic nitrogens is 1. The summed E-state index contributed by atoms with van der Waals surface area (Å²) in [5.74, 6) is 0.740. The van der Waals surface area contributed by atoms with Crippen molar-refractivity contribution in [3.05, 3.63) is 77.1 Å². The van der Waals surface area contributed by atoms with Crippen LogP contribution in [0.2, 0.25) is 0 Å². The topological polar surface area (TPSA) is 62.7 Å². The van der Waals surface area contributed by atoms with Gasteiger partial charge in [-0.3, -0.25) is 9.88 Å². The van der Waals surface area contributed by atoms with Crippen LogP contribution >= 0.6 is 0 Å². The Labute approximate surface area is 165 Å². The van der Waals surface area contributed by atoms with Crippen LogP contribution in [0.4, 0.5) is 10.5 Å². The number of hydrogen-bond donors (Lipinski definition) is 1. The number of anilines is 1. The Morgan fingerprint density at radius 2 is 1.79 bits per heavy atom. The number of nitrogens with zero attached hydrogens (tertiary/aromatic N) is 2. The average Bonchev–Trinajstić information content (AvgIpc) is 2.67. The minimum Gasteiger partial charge on any atom is -0.496 e. The van der Waals surface area contributed by atoms with E-state index >= 15 is 0 Å². The van der Waals surface area contributed by atoms with Crippen LogP contribution < -0.4 is 9.64 Å². The summed E-state index contributed by atoms with van der Waals surface area (Å²) >= 11 is 0. The third kappa shape index (κ3) is 3.98. The van der Waals surface area contributed by atoms with E-state index in [1.165, 1.54) is 4.90 Å². The van der Waals surface area contributed by atoms with Gasteiger partial charge in [0.1, 0.15) is 5.75 Å². The molecule has 0 aliphatic heterocycles. The largest absolute Gasteiger partial charge is 0.496 e. The molecule has 28 heavy (non-hydrogen) atoms. The van der Waals surface area contributed by atoms with E-state index in [9.17, 15) is 9.90 Å². The molecule has 1 heterocycles. The first-order valence-corrected chi connectivity index (χ1v) is 9.07. The van der Waals surface area contributed by atoms with Crippen LogP contribution in [-0.2, 0) is 6.54 Å². The van der Waals surface area contributed by atoms with Crippen molar-refractivity contribution in [2.75, 3.05) is 12.0 Å². The first kappa shape index (κ1) is 19.4. The second kappa shape index (κ2) is 8.13. The molecule has 0 aliphatic rings. The van der Waals surface area contributed by atoms with E-state index in [1.807, 2.05) is 63.2 Å². The van der Waals surface area contributed by atoms with Gasteiger partial charge in [-0.05, 0) is 49.6 Å². The van der Waals surface area contributed by atoms with E-state index in [1.54, 1.807) is 13.3 Å². The fraction of sp³-hybridized carbons (Fsp3) is 0.217. The van der Waals surface area contributed by atoms with Crippen LogP contribution in [0.5, 0.6) is 5.75 Å². The first-order valence-electron chi connectivity index (χ1n) is 9.07. The van der Waals surface area contributed by atoms with Crippen molar-refractivity contribution in [2.24, 2.45) is 0 Å². The van der Waals surface area contributed by atoms with Gasteiger partial charge < -0.3 is 9.84 Å². The highest BCUT2D eigenvalue weighted by molar-refractivity contribution is 5.87. The quantitative estimate of drug-likeness (QED) is 0.650. The summed E-state index contributed by atoms with van der Waals surface area (Å²) in [6, 6.07) is 15.8. The number of ether oxygens (including phenoxy) is 1. The Kier molecular flexibility index (Phi) is 5.64. The fourth-order valence-electron chi connectivity index (χ4n) is 3.37. The van der Waals surface area contributed by atoms with E-state index in [0.29, 0.717) is 11.4 Å². The second-order valence-corrected chi connectivity index (χ2v) is 6.84. The maximum Gasteiger partial charge on any atom is 0.412 e. The predicted octanol–water partition coefficient (Wildman–Crippen LogP) is 5.37. The van der Waals surface area contributed by atoms with Crippen LogP contribution in [0.15, 0.2) is 54.7 Å². The van der Waals surface area contributed by atoms with E-state index in [4.69, 9.17) is 4.74 Å². The molecule has 0 atom stereocenters. The smallest absolute Gasteiger partial charge is 0.412 e. The lowest BCUT2D eigenvalue weighted by Crippen LogP contribution is -2.29. The molecule has 1 amide bonds. The van der Waals surface area contributed by atoms with Crippen molar-refractivity contribution in [3.63, 3.8) is 0 Å². The van der Waals surface area contributed by atoms with Gasteiger partial charge in [-0.1, -0.05) is 36.4 Å². The third-order valence-electron chi connectivity index (χ3n) is 4.77. The summed E-state index contributed by atoms with van der Waals surface area (Å²) in [6.07, 6.45) is 0.692. The zero-order valence-electron chi connectivity index (χ0n) is 16.6. The molecule has 3 aromatic rings. The number of aryl methyl sites for hydroxylation is 2. The maximum absolute atomic E-state index is 12.1. The van der Waals surface area contributed by atoms with Crippen LogP contribution in [0, 0.1) is 20.8 Å². The molecular formula is C23H24N2O3. The van der Waals surface area contributed by atoms with Gasteiger partial charge in [0.05, 0.1) is 19.3 Å². The van der Waals surface area contributed by atoms with Crippen molar-refractivity contribution in [1.82, 2.24) is 4.98 Å². The fourth-order valence-corrected chi connectivity index (χ4v) is 3.37. The summed E-state index contributed by atoms with van der Waals surface area (Å²) in [7, 11) is 1.61. The van der Waals surface area contributed by atoms with E-state index in [2.05, 4.69) is 11.1 Å². The van der Waals surface area contributed by atoms with Crippen molar-refractivity contribution < 1.29 is 14.6 Å². The molecule has 0 saturated carbocycles. The molecule has 5 nitrogen and oxygen atoms in total. The lowest BCUT2D eigenvalue weighted by atomic mass is 10.0. The summed E-state index contributed by atoms with van der Waals surface area (Å²) in [4.78, 5) is 17.8. The molecule has 3 rings (SSSR count). The van der Waals surface area contributed by atoms with Gasteiger partial charge in [-0.15, -0.1) is 0 Å². The molecule has 0 spiro atoms. The standard InChI is InChI=1S/C23H24N2O3/c1-15-10-19(18-8-6-5-7-9-18)12-20(11-15)25(23(26)27)14-21-17(3)22(28-4)16(2)13-24-21/h5-13H,14H2,1-4H3,(H,26,27). The summed E-state index contributed by atoms with van der Waals surface area (Å²) < 4.78 is 5.45. The number of carbonyl (C=O) groups is 1. The summed E-state index contributed by atoms with van der Waals surface area (Å²) in [6.45, 7) is 5.94. The van der Waals surface area contributed by atoms with Crippen molar-refractivity contribution >= 4 is 11.8 Å². The number of amides is 1. The van der Waals surface area contributed by atoms with Gasteiger partial charge in [0.2, 0.25) is 0 Å². The average molecular weight is 376 g/mol. The number of carboxylic acid groups (broad SMARTS) is 1. The zero-order valence-corrected chi connectivity index (χ0v) is 16.6. The SMILES string of the molecule is COc1c(C)cnc(CN(C(=O)O)c2cc(C)cc(-c3ccccc3)c2)c1C. The highest BCUT2D eigenvalue weighted by atomic mass is 16.5. The summed E-state index contributed by atoms with van der Waals surface area (Å²) in [5, 5.41) is 9.88. The molecule has 0 unspecified atom stereocenters. The molecule has 1 N–H and O–H groups in total. The second-order valence-electron chi connectivity index (χ2n) is 6.84. The van der Waals surface area contributed by atoms with Gasteiger partial charge >= 0.3 is 6.09 Å². The molecule has 0 radical (unpaired) electrons. The van der Waals surface area contributed by atoms with Gasteiger partial charge in [0.25, 0.3) is 0 Å². The van der Waals surface area contributed by atoms with Crippen molar-refractivity contribution in [3.8, 4) is 16.9 Å². The van der Waals surface area contributed by atoms with Crippen molar-refractivity contribution in [2.45, 2.75) is 27.3 Å². The molecule has 0 saturated heterocycles. The molecule has 2 aromatic carbocycles. The van der Waals surface area contributed by atoms with Crippen molar-refractivity contribution in [1.29, 1.82) is 0 Å². The van der Waals surface area contributed by atoms with Gasteiger partial charge in [0.15, 0.2) is 0 Å². The molecular weight excluding hydrogens is 352 g/mol. The number of pyridine rings is 1. The normalized spacial score (nSPS) is 10.6. The Morgan fingerprint density at radius 3 is 2.43 bits per heavy atom. The first-order chi connectivity index (χ1) is 13.4. The molecule has 144 valence electrons. The number of hydrogen-bond acceptors (Lipinski definition) is 3. The number of rotatable bonds is 5. The zero-order chi connectivity index (χ0) is 20.3. The van der Waals surface area contributed by atoms with Crippen LogP contribution in [-0.4, -0.2) is 23.3 Å². The minimum absolute atomic E-state index is 0.148. The van der Waals surface area contributed by atoms with E-state index < -0.39 is 6.09 Å². The molecule has 5 heteroatoms. The lowest BCUT2D eigenvalue weighted by Gasteiger charge is -2.22. The maximum atomic E-state index is 12.1. The van der Waals surface area contributed by atoms with Crippen LogP contribution in [0.1, 0.15) is 22.4 Å². The predicted molar refractivity (Wildman–Crippen MR) is 111 cm³/mol. The highest BCUT2D eigenvalue weighted by Gasteiger charge is 2.20. The van der Waals surface area contributed by atoms with E-state index in [-0.39, 0.29) is 6.54 Å². The minimum atomic E-state index is -1.02. The molecule has 0 bridgehead atoms. The molecule has 0 aliphatic carbocycles. The van der Waals surface area contributed by atoms with Crippen LogP contribution in [0.3, 0.4) is 0 Å². The third-order valence-corrected chi connectivity index (χ3v) is 4.77. The van der Waals surface area contributed by atoms with Gasteiger partial charge in [0, 0.05) is 23.0 Å². The number of methoxy groups -OCH3 is 1. The Morgan fingerprint density at radius 1 is 1.07 bits per heavy atom. The van der Waals surface area contributed by atoms with Crippen LogP contribution in [0.25, 0.3) is 11.1 Å². The Bertz CT molecular complexity index is 1000. The van der Waals surface area contributed by atoms with Gasteiger partial charge in [-0.25, -0.2) is 4.79 Å². The monoisotopic (exact) mass is 376 g/mol. The molecule has 1 aromatic heterocycles. The Hall–Kier alpha value is -3.34. The molecule has 0 fully saturated rings.